The molecule has 2 rings (SSSR count). The first-order valence-electron chi connectivity index (χ1n) is 6.59. The molecule has 5 heteroatoms. The first-order valence-corrected chi connectivity index (χ1v) is 6.59. The van der Waals surface area contributed by atoms with Gasteiger partial charge in [-0.25, -0.2) is 0 Å². The number of amides is 1. The lowest BCUT2D eigenvalue weighted by molar-refractivity contribution is 0.0933. The van der Waals surface area contributed by atoms with Crippen molar-refractivity contribution in [2.75, 3.05) is 13.2 Å². The molecule has 1 atom stereocenters. The van der Waals surface area contributed by atoms with Gasteiger partial charge in [-0.3, -0.25) is 4.79 Å². The maximum atomic E-state index is 12.0. The van der Waals surface area contributed by atoms with E-state index in [1.807, 2.05) is 0 Å². The highest BCUT2D eigenvalue weighted by Crippen LogP contribution is 2.32. The SMILES string of the molecule is C=CCOc1ccc(C(=O)NC(CN)C2CC2)cc1.Cl. The van der Waals surface area contributed by atoms with Crippen LogP contribution in [-0.4, -0.2) is 25.1 Å². The second-order valence-corrected chi connectivity index (χ2v) is 4.78. The van der Waals surface area contributed by atoms with E-state index in [0.29, 0.717) is 24.6 Å². The summed E-state index contributed by atoms with van der Waals surface area (Å²) in [5, 5.41) is 2.99. The zero-order valence-corrected chi connectivity index (χ0v) is 12.2. The van der Waals surface area contributed by atoms with Crippen molar-refractivity contribution in [1.82, 2.24) is 5.32 Å². The summed E-state index contributed by atoms with van der Waals surface area (Å²) in [6.45, 7) is 4.54. The van der Waals surface area contributed by atoms with Crippen LogP contribution in [0, 0.1) is 5.92 Å². The second-order valence-electron chi connectivity index (χ2n) is 4.78. The zero-order chi connectivity index (χ0) is 13.7. The standard InChI is InChI=1S/C15H20N2O2.ClH/c1-2-9-19-13-7-5-12(6-8-13)15(18)17-14(10-16)11-3-4-11;/h2,5-8,11,14H,1,3-4,9-10,16H2,(H,17,18);1H. The maximum Gasteiger partial charge on any atom is 0.251 e. The molecule has 1 unspecified atom stereocenters. The van der Waals surface area contributed by atoms with E-state index < -0.39 is 0 Å². The molecule has 1 aromatic carbocycles. The molecule has 0 radical (unpaired) electrons. The molecule has 1 aromatic rings. The van der Waals surface area contributed by atoms with Crippen molar-refractivity contribution in [3.05, 3.63) is 42.5 Å². The summed E-state index contributed by atoms with van der Waals surface area (Å²) in [7, 11) is 0. The Morgan fingerprint density at radius 3 is 2.60 bits per heavy atom. The molecule has 0 aliphatic heterocycles. The molecular formula is C15H21ClN2O2. The van der Waals surface area contributed by atoms with Gasteiger partial charge in [-0.2, -0.15) is 0 Å². The van der Waals surface area contributed by atoms with E-state index in [0.717, 1.165) is 18.6 Å². The van der Waals surface area contributed by atoms with Gasteiger partial charge < -0.3 is 15.8 Å². The molecule has 0 saturated heterocycles. The van der Waals surface area contributed by atoms with Gasteiger partial charge in [0.15, 0.2) is 0 Å². The summed E-state index contributed by atoms with van der Waals surface area (Å²) in [6, 6.07) is 7.19. The number of halogens is 1. The molecule has 1 amide bonds. The Labute approximate surface area is 125 Å². The van der Waals surface area contributed by atoms with Crippen LogP contribution in [0.4, 0.5) is 0 Å². The van der Waals surface area contributed by atoms with E-state index in [1.54, 1.807) is 30.3 Å². The quantitative estimate of drug-likeness (QED) is 0.758. The van der Waals surface area contributed by atoms with Gasteiger partial charge in [0.2, 0.25) is 0 Å². The summed E-state index contributed by atoms with van der Waals surface area (Å²) < 4.78 is 5.37. The lowest BCUT2D eigenvalue weighted by Crippen LogP contribution is -2.41. The highest BCUT2D eigenvalue weighted by Gasteiger charge is 2.31. The molecule has 0 heterocycles. The summed E-state index contributed by atoms with van der Waals surface area (Å²) in [5.74, 6) is 1.22. The van der Waals surface area contributed by atoms with Crippen molar-refractivity contribution < 1.29 is 9.53 Å². The van der Waals surface area contributed by atoms with Crippen LogP contribution in [-0.2, 0) is 0 Å². The van der Waals surface area contributed by atoms with Gasteiger partial charge in [-0.05, 0) is 43.0 Å². The van der Waals surface area contributed by atoms with Crippen molar-refractivity contribution in [1.29, 1.82) is 0 Å². The lowest BCUT2D eigenvalue weighted by Gasteiger charge is -2.16. The molecule has 1 saturated carbocycles. The fraction of sp³-hybridized carbons (Fsp3) is 0.400. The second kappa shape index (κ2) is 7.92. The third-order valence-corrected chi connectivity index (χ3v) is 3.25. The molecule has 4 nitrogen and oxygen atoms in total. The molecule has 0 spiro atoms. The first kappa shape index (κ1) is 16.5. The van der Waals surface area contributed by atoms with Crippen molar-refractivity contribution in [2.24, 2.45) is 11.7 Å². The average Bonchev–Trinajstić information content (AvgIpc) is 3.27. The normalized spacial score (nSPS) is 14.8. The number of nitrogens with two attached hydrogens (primary N) is 1. The minimum atomic E-state index is -0.0716. The van der Waals surface area contributed by atoms with Crippen molar-refractivity contribution in [3.8, 4) is 5.75 Å². The summed E-state index contributed by atoms with van der Waals surface area (Å²) in [5.41, 5.74) is 6.30. The fourth-order valence-electron chi connectivity index (χ4n) is 1.98. The first-order chi connectivity index (χ1) is 9.24. The molecule has 0 bridgehead atoms. The van der Waals surface area contributed by atoms with Crippen LogP contribution >= 0.6 is 12.4 Å². The van der Waals surface area contributed by atoms with Crippen LogP contribution in [0.3, 0.4) is 0 Å². The van der Waals surface area contributed by atoms with E-state index in [1.165, 1.54) is 0 Å². The third kappa shape index (κ3) is 4.54. The van der Waals surface area contributed by atoms with E-state index in [9.17, 15) is 4.79 Å². The molecule has 1 aliphatic carbocycles. The topological polar surface area (TPSA) is 64.3 Å². The number of hydrogen-bond acceptors (Lipinski definition) is 3. The van der Waals surface area contributed by atoms with Crippen LogP contribution in [0.1, 0.15) is 23.2 Å². The minimum Gasteiger partial charge on any atom is -0.490 e. The lowest BCUT2D eigenvalue weighted by atomic mass is 10.1. The predicted octanol–water partition coefficient (Wildman–Crippen LogP) is 2.14. The molecule has 0 aromatic heterocycles. The van der Waals surface area contributed by atoms with Gasteiger partial charge in [0.1, 0.15) is 12.4 Å². The maximum absolute atomic E-state index is 12.0. The highest BCUT2D eigenvalue weighted by molar-refractivity contribution is 5.94. The Morgan fingerprint density at radius 2 is 2.10 bits per heavy atom. The molecule has 1 aliphatic rings. The summed E-state index contributed by atoms with van der Waals surface area (Å²) >= 11 is 0. The fourth-order valence-corrected chi connectivity index (χ4v) is 1.98. The van der Waals surface area contributed by atoms with E-state index in [4.69, 9.17) is 10.5 Å². The van der Waals surface area contributed by atoms with Gasteiger partial charge in [0.25, 0.3) is 5.91 Å². The number of benzene rings is 1. The third-order valence-electron chi connectivity index (χ3n) is 3.25. The summed E-state index contributed by atoms with van der Waals surface area (Å²) in [6.07, 6.45) is 4.01. The number of carbonyl (C=O) groups excluding carboxylic acids is 1. The zero-order valence-electron chi connectivity index (χ0n) is 11.4. The van der Waals surface area contributed by atoms with Crippen molar-refractivity contribution in [2.45, 2.75) is 18.9 Å². The number of carbonyl (C=O) groups is 1. The van der Waals surface area contributed by atoms with E-state index in [-0.39, 0.29) is 24.4 Å². The number of rotatable bonds is 7. The number of ether oxygens (including phenoxy) is 1. The molecule has 20 heavy (non-hydrogen) atoms. The monoisotopic (exact) mass is 296 g/mol. The van der Waals surface area contributed by atoms with Crippen molar-refractivity contribution in [3.63, 3.8) is 0 Å². The average molecular weight is 297 g/mol. The Morgan fingerprint density at radius 1 is 1.45 bits per heavy atom. The van der Waals surface area contributed by atoms with E-state index >= 15 is 0 Å². The Kier molecular flexibility index (Phi) is 6.55. The van der Waals surface area contributed by atoms with Crippen LogP contribution in [0.5, 0.6) is 5.75 Å². The van der Waals surface area contributed by atoms with E-state index in [2.05, 4.69) is 11.9 Å². The largest absolute Gasteiger partial charge is 0.490 e. The van der Waals surface area contributed by atoms with Gasteiger partial charge in [-0.1, -0.05) is 12.7 Å². The molecular weight excluding hydrogens is 276 g/mol. The number of hydrogen-bond donors (Lipinski definition) is 2. The minimum absolute atomic E-state index is 0. The Bertz CT molecular complexity index is 444. The Balaban J connectivity index is 0.00000200. The smallest absolute Gasteiger partial charge is 0.251 e. The highest BCUT2D eigenvalue weighted by atomic mass is 35.5. The molecule has 1 fully saturated rings. The van der Waals surface area contributed by atoms with Crippen LogP contribution < -0.4 is 15.8 Å². The molecule has 3 N–H and O–H groups in total. The Hall–Kier alpha value is -1.52. The van der Waals surface area contributed by atoms with Gasteiger partial charge in [0.05, 0.1) is 0 Å². The van der Waals surface area contributed by atoms with Gasteiger partial charge >= 0.3 is 0 Å². The van der Waals surface area contributed by atoms with Crippen LogP contribution in [0.25, 0.3) is 0 Å². The number of nitrogens with one attached hydrogen (secondary N) is 1. The van der Waals surface area contributed by atoms with Gasteiger partial charge in [0, 0.05) is 18.2 Å². The molecule has 110 valence electrons. The predicted molar refractivity (Wildman–Crippen MR) is 82.4 cm³/mol. The van der Waals surface area contributed by atoms with Crippen molar-refractivity contribution >= 4 is 18.3 Å². The van der Waals surface area contributed by atoms with Gasteiger partial charge in [-0.15, -0.1) is 12.4 Å². The van der Waals surface area contributed by atoms with Crippen LogP contribution in [0.15, 0.2) is 36.9 Å². The summed E-state index contributed by atoms with van der Waals surface area (Å²) in [4.78, 5) is 12.0. The van der Waals surface area contributed by atoms with Crippen LogP contribution in [0.2, 0.25) is 0 Å².